The van der Waals surface area contributed by atoms with Gasteiger partial charge in [0.25, 0.3) is 5.91 Å². The number of esters is 1. The van der Waals surface area contributed by atoms with E-state index >= 15 is 0 Å². The van der Waals surface area contributed by atoms with Gasteiger partial charge in [0.1, 0.15) is 17.9 Å². The first-order valence-electron chi connectivity index (χ1n) is 8.66. The number of hydrogen-bond donors (Lipinski definition) is 1. The molecule has 1 N–H and O–H groups in total. The van der Waals surface area contributed by atoms with Gasteiger partial charge in [-0.2, -0.15) is 0 Å². The van der Waals surface area contributed by atoms with Crippen molar-refractivity contribution in [3.8, 4) is 5.75 Å². The van der Waals surface area contributed by atoms with Crippen LogP contribution in [0.5, 0.6) is 5.75 Å². The van der Waals surface area contributed by atoms with E-state index in [0.717, 1.165) is 5.56 Å². The van der Waals surface area contributed by atoms with Crippen LogP contribution >= 0.6 is 34.8 Å². The molecule has 30 heavy (non-hydrogen) atoms. The fourth-order valence-electron chi connectivity index (χ4n) is 2.39. The van der Waals surface area contributed by atoms with E-state index in [2.05, 4.69) is 10.3 Å². The van der Waals surface area contributed by atoms with Gasteiger partial charge < -0.3 is 14.8 Å². The Morgan fingerprint density at radius 1 is 0.967 bits per heavy atom. The van der Waals surface area contributed by atoms with Crippen molar-refractivity contribution in [2.24, 2.45) is 0 Å². The lowest BCUT2D eigenvalue weighted by molar-refractivity contribution is -0.119. The van der Waals surface area contributed by atoms with Crippen molar-refractivity contribution in [1.29, 1.82) is 0 Å². The van der Waals surface area contributed by atoms with E-state index in [0.29, 0.717) is 15.8 Å². The van der Waals surface area contributed by atoms with Gasteiger partial charge in [-0.15, -0.1) is 0 Å². The van der Waals surface area contributed by atoms with Crippen LogP contribution in [0.4, 0.5) is 5.82 Å². The van der Waals surface area contributed by atoms with Crippen molar-refractivity contribution in [3.63, 3.8) is 0 Å². The van der Waals surface area contributed by atoms with Crippen molar-refractivity contribution in [3.05, 3.63) is 87.0 Å². The van der Waals surface area contributed by atoms with Crippen molar-refractivity contribution in [2.45, 2.75) is 6.61 Å². The molecule has 0 saturated carbocycles. The van der Waals surface area contributed by atoms with Gasteiger partial charge >= 0.3 is 5.97 Å². The number of carbonyl (C=O) groups is 2. The molecule has 6 nitrogen and oxygen atoms in total. The topological polar surface area (TPSA) is 77.5 Å². The Morgan fingerprint density at radius 3 is 2.43 bits per heavy atom. The quantitative estimate of drug-likeness (QED) is 0.472. The van der Waals surface area contributed by atoms with Crippen LogP contribution in [0.2, 0.25) is 15.1 Å². The average Bonchev–Trinajstić information content (AvgIpc) is 2.74. The van der Waals surface area contributed by atoms with Crippen molar-refractivity contribution in [1.82, 2.24) is 4.98 Å². The van der Waals surface area contributed by atoms with Gasteiger partial charge in [-0.05, 0) is 35.9 Å². The van der Waals surface area contributed by atoms with Crippen LogP contribution in [-0.4, -0.2) is 23.5 Å². The van der Waals surface area contributed by atoms with E-state index in [1.165, 1.54) is 12.3 Å². The third-order valence-corrected chi connectivity index (χ3v) is 4.56. The normalized spacial score (nSPS) is 10.4. The van der Waals surface area contributed by atoms with Crippen LogP contribution in [-0.2, 0) is 16.1 Å². The number of ether oxygens (including phenoxy) is 2. The van der Waals surface area contributed by atoms with Crippen LogP contribution in [0.3, 0.4) is 0 Å². The first-order valence-corrected chi connectivity index (χ1v) is 9.80. The predicted octanol–water partition coefficient (Wildman–Crippen LogP) is 5.42. The molecule has 1 amide bonds. The molecule has 0 radical (unpaired) electrons. The summed E-state index contributed by atoms with van der Waals surface area (Å²) in [5.74, 6) is -0.847. The van der Waals surface area contributed by atoms with Crippen LogP contribution in [0, 0.1) is 0 Å². The Bertz CT molecular complexity index is 1060. The minimum absolute atomic E-state index is 0.119. The second-order valence-electron chi connectivity index (χ2n) is 6.02. The third kappa shape index (κ3) is 6.10. The standard InChI is InChI=1S/C21H15Cl3N2O4/c22-14-7-5-13(6-8-14)11-29-18-4-2-1-3-16(18)21(28)30-12-19(27)26-20-17(24)9-15(23)10-25-20/h1-10H,11-12H2,(H,25,26,27). The van der Waals surface area contributed by atoms with E-state index in [9.17, 15) is 9.59 Å². The summed E-state index contributed by atoms with van der Waals surface area (Å²) in [6, 6.07) is 15.2. The Hall–Kier alpha value is -2.80. The second kappa shape index (κ2) is 10.3. The number of hydrogen-bond acceptors (Lipinski definition) is 5. The number of rotatable bonds is 7. The molecule has 0 saturated heterocycles. The maximum Gasteiger partial charge on any atom is 0.342 e. The molecule has 1 aromatic heterocycles. The van der Waals surface area contributed by atoms with E-state index in [4.69, 9.17) is 44.3 Å². The first-order chi connectivity index (χ1) is 14.4. The third-order valence-electron chi connectivity index (χ3n) is 3.81. The number of halogens is 3. The summed E-state index contributed by atoms with van der Waals surface area (Å²) in [5, 5.41) is 3.57. The Morgan fingerprint density at radius 2 is 1.70 bits per heavy atom. The summed E-state index contributed by atoms with van der Waals surface area (Å²) >= 11 is 17.6. The van der Waals surface area contributed by atoms with Crippen LogP contribution in [0.25, 0.3) is 0 Å². The van der Waals surface area contributed by atoms with Crippen molar-refractivity contribution >= 4 is 52.5 Å². The van der Waals surface area contributed by atoms with Gasteiger partial charge in [0.15, 0.2) is 12.4 Å². The number of benzene rings is 2. The lowest BCUT2D eigenvalue weighted by atomic mass is 10.2. The molecule has 0 spiro atoms. The number of aromatic nitrogens is 1. The van der Waals surface area contributed by atoms with Crippen LogP contribution in [0.1, 0.15) is 15.9 Å². The van der Waals surface area contributed by atoms with Gasteiger partial charge in [-0.25, -0.2) is 9.78 Å². The van der Waals surface area contributed by atoms with Crippen LogP contribution < -0.4 is 10.1 Å². The number of carbonyl (C=O) groups excluding carboxylic acids is 2. The monoisotopic (exact) mass is 464 g/mol. The molecule has 3 aromatic rings. The fraction of sp³-hybridized carbons (Fsp3) is 0.0952. The van der Waals surface area contributed by atoms with E-state index in [1.807, 2.05) is 12.1 Å². The van der Waals surface area contributed by atoms with E-state index in [-0.39, 0.29) is 23.0 Å². The number of pyridine rings is 1. The van der Waals surface area contributed by atoms with Crippen molar-refractivity contribution in [2.75, 3.05) is 11.9 Å². The fourth-order valence-corrected chi connectivity index (χ4v) is 2.94. The highest BCUT2D eigenvalue weighted by molar-refractivity contribution is 6.36. The molecule has 0 unspecified atom stereocenters. The van der Waals surface area contributed by atoms with E-state index in [1.54, 1.807) is 36.4 Å². The predicted molar refractivity (Wildman–Crippen MR) is 115 cm³/mol. The molecule has 0 atom stereocenters. The first kappa shape index (κ1) is 21.9. The summed E-state index contributed by atoms with van der Waals surface area (Å²) < 4.78 is 10.8. The van der Waals surface area contributed by atoms with E-state index < -0.39 is 18.5 Å². The van der Waals surface area contributed by atoms with Gasteiger partial charge in [0.2, 0.25) is 0 Å². The summed E-state index contributed by atoms with van der Waals surface area (Å²) in [6.45, 7) is -0.284. The molecule has 0 aliphatic rings. The van der Waals surface area contributed by atoms with Crippen LogP contribution in [0.15, 0.2) is 60.8 Å². The molecular weight excluding hydrogens is 451 g/mol. The molecule has 0 bridgehead atoms. The molecule has 1 heterocycles. The summed E-state index contributed by atoms with van der Waals surface area (Å²) in [4.78, 5) is 28.4. The Kier molecular flexibility index (Phi) is 7.52. The average molecular weight is 466 g/mol. The zero-order valence-corrected chi connectivity index (χ0v) is 17.7. The maximum atomic E-state index is 12.4. The van der Waals surface area contributed by atoms with Gasteiger partial charge in [-0.1, -0.05) is 59.1 Å². The smallest absolute Gasteiger partial charge is 0.342 e. The van der Waals surface area contributed by atoms with Gasteiger partial charge in [0.05, 0.1) is 10.0 Å². The Labute approximate surface area is 187 Å². The lowest BCUT2D eigenvalue weighted by Gasteiger charge is -2.12. The molecule has 9 heteroatoms. The van der Waals surface area contributed by atoms with Crippen molar-refractivity contribution < 1.29 is 19.1 Å². The minimum atomic E-state index is -0.702. The highest BCUT2D eigenvalue weighted by Crippen LogP contribution is 2.23. The summed E-state index contributed by atoms with van der Waals surface area (Å²) in [6.07, 6.45) is 1.34. The summed E-state index contributed by atoms with van der Waals surface area (Å²) in [5.41, 5.74) is 1.08. The zero-order chi connectivity index (χ0) is 21.5. The summed E-state index contributed by atoms with van der Waals surface area (Å²) in [7, 11) is 0. The lowest BCUT2D eigenvalue weighted by Crippen LogP contribution is -2.22. The molecule has 2 aromatic carbocycles. The molecule has 154 valence electrons. The molecule has 3 rings (SSSR count). The highest BCUT2D eigenvalue weighted by Gasteiger charge is 2.16. The second-order valence-corrected chi connectivity index (χ2v) is 7.30. The SMILES string of the molecule is O=C(COC(=O)c1ccccc1OCc1ccc(Cl)cc1)Nc1ncc(Cl)cc1Cl. The number of nitrogens with one attached hydrogen (secondary N) is 1. The Balaban J connectivity index is 1.58. The molecular formula is C21H15Cl3N2O4. The molecule has 0 aliphatic carbocycles. The van der Waals surface area contributed by atoms with Gasteiger partial charge in [0, 0.05) is 11.2 Å². The number of anilines is 1. The zero-order valence-electron chi connectivity index (χ0n) is 15.4. The minimum Gasteiger partial charge on any atom is -0.488 e. The highest BCUT2D eigenvalue weighted by atomic mass is 35.5. The maximum absolute atomic E-state index is 12.4. The number of amides is 1. The molecule has 0 fully saturated rings. The van der Waals surface area contributed by atoms with Gasteiger partial charge in [-0.3, -0.25) is 4.79 Å². The molecule has 0 aliphatic heterocycles. The number of para-hydroxylation sites is 1. The largest absolute Gasteiger partial charge is 0.488 e. The number of nitrogens with zero attached hydrogens (tertiary/aromatic N) is 1.